The van der Waals surface area contributed by atoms with Crippen molar-refractivity contribution in [3.63, 3.8) is 0 Å². The van der Waals surface area contributed by atoms with Gasteiger partial charge in [0.05, 0.1) is 18.0 Å². The third-order valence-corrected chi connectivity index (χ3v) is 2.10. The van der Waals surface area contributed by atoms with Crippen molar-refractivity contribution in [3.8, 4) is 17.1 Å². The lowest BCUT2D eigenvalue weighted by Gasteiger charge is -2.04. The number of phenolic OH excluding ortho intramolecular Hbond substituents is 1. The molecule has 0 amide bonds. The van der Waals surface area contributed by atoms with Gasteiger partial charge >= 0.3 is 0 Å². The number of aromatic hydroxyl groups is 1. The van der Waals surface area contributed by atoms with Crippen LogP contribution in [0.2, 0.25) is 0 Å². The average molecular weight is 204 g/mol. The van der Waals surface area contributed by atoms with Crippen LogP contribution in [0.4, 0.5) is 4.39 Å². The highest BCUT2D eigenvalue weighted by Crippen LogP contribution is 2.28. The molecule has 1 aromatic heterocycles. The maximum absolute atomic E-state index is 12.6. The van der Waals surface area contributed by atoms with Crippen molar-refractivity contribution in [1.82, 2.24) is 9.97 Å². The van der Waals surface area contributed by atoms with Gasteiger partial charge in [0.1, 0.15) is 5.75 Å². The van der Waals surface area contributed by atoms with Crippen molar-refractivity contribution < 1.29 is 9.50 Å². The highest BCUT2D eigenvalue weighted by atomic mass is 19.1. The van der Waals surface area contributed by atoms with Crippen LogP contribution in [0.15, 0.2) is 30.6 Å². The standard InChI is InChI=1S/C11H9FN2O/c1-7-3-2-4-9(10(7)15)11-13-5-8(12)6-14-11/h2-6,15H,1H3. The van der Waals surface area contributed by atoms with E-state index < -0.39 is 5.82 Å². The van der Waals surface area contributed by atoms with Crippen LogP contribution in [-0.4, -0.2) is 15.1 Å². The fourth-order valence-corrected chi connectivity index (χ4v) is 1.29. The highest BCUT2D eigenvalue weighted by molar-refractivity contribution is 5.65. The summed E-state index contributed by atoms with van der Waals surface area (Å²) >= 11 is 0. The van der Waals surface area contributed by atoms with Crippen LogP contribution in [0.5, 0.6) is 5.75 Å². The van der Waals surface area contributed by atoms with E-state index >= 15 is 0 Å². The van der Waals surface area contributed by atoms with Gasteiger partial charge < -0.3 is 5.11 Å². The molecule has 1 heterocycles. The molecule has 0 aliphatic rings. The van der Waals surface area contributed by atoms with E-state index in [0.29, 0.717) is 11.4 Å². The second-order valence-electron chi connectivity index (χ2n) is 3.20. The Bertz CT molecular complexity index is 482. The molecule has 0 aliphatic heterocycles. The summed E-state index contributed by atoms with van der Waals surface area (Å²) in [6.07, 6.45) is 2.15. The van der Waals surface area contributed by atoms with E-state index in [1.54, 1.807) is 25.1 Å². The lowest BCUT2D eigenvalue weighted by Crippen LogP contribution is -1.90. The van der Waals surface area contributed by atoms with Gasteiger partial charge in [-0.15, -0.1) is 0 Å². The molecule has 0 saturated carbocycles. The second-order valence-corrected chi connectivity index (χ2v) is 3.20. The fraction of sp³-hybridized carbons (Fsp3) is 0.0909. The first-order chi connectivity index (χ1) is 7.18. The molecule has 1 aromatic carbocycles. The summed E-state index contributed by atoms with van der Waals surface area (Å²) in [5, 5.41) is 9.75. The predicted molar refractivity (Wildman–Crippen MR) is 53.8 cm³/mol. The highest BCUT2D eigenvalue weighted by Gasteiger charge is 2.08. The Morgan fingerprint density at radius 2 is 1.87 bits per heavy atom. The molecule has 3 nitrogen and oxygen atoms in total. The quantitative estimate of drug-likeness (QED) is 0.775. The van der Waals surface area contributed by atoms with Gasteiger partial charge in [-0.3, -0.25) is 0 Å². The summed E-state index contributed by atoms with van der Waals surface area (Å²) in [6, 6.07) is 5.26. The number of hydrogen-bond acceptors (Lipinski definition) is 3. The topological polar surface area (TPSA) is 46.0 Å². The zero-order chi connectivity index (χ0) is 10.8. The number of benzene rings is 1. The maximum atomic E-state index is 12.6. The molecule has 2 aromatic rings. The molecule has 0 unspecified atom stereocenters. The molecular formula is C11H9FN2O. The van der Waals surface area contributed by atoms with Crippen LogP contribution in [0.25, 0.3) is 11.4 Å². The van der Waals surface area contributed by atoms with Crippen LogP contribution < -0.4 is 0 Å². The summed E-state index contributed by atoms with van der Waals surface area (Å²) in [5.41, 5.74) is 1.25. The molecule has 76 valence electrons. The minimum atomic E-state index is -0.495. The number of hydrogen-bond donors (Lipinski definition) is 1. The summed E-state index contributed by atoms with van der Waals surface area (Å²) in [4.78, 5) is 7.61. The molecule has 15 heavy (non-hydrogen) atoms. The van der Waals surface area contributed by atoms with Crippen LogP contribution in [-0.2, 0) is 0 Å². The maximum Gasteiger partial charge on any atom is 0.163 e. The zero-order valence-electron chi connectivity index (χ0n) is 8.11. The molecule has 0 radical (unpaired) electrons. The Morgan fingerprint density at radius 1 is 1.20 bits per heavy atom. The number of rotatable bonds is 1. The third-order valence-electron chi connectivity index (χ3n) is 2.10. The van der Waals surface area contributed by atoms with Crippen molar-refractivity contribution in [2.24, 2.45) is 0 Å². The predicted octanol–water partition coefficient (Wildman–Crippen LogP) is 2.30. The SMILES string of the molecule is Cc1cccc(-c2ncc(F)cn2)c1O. The van der Waals surface area contributed by atoms with E-state index in [9.17, 15) is 9.50 Å². The van der Waals surface area contributed by atoms with Gasteiger partial charge in [0.2, 0.25) is 0 Å². The summed E-state index contributed by atoms with van der Waals surface area (Å²) < 4.78 is 12.6. The molecule has 4 heteroatoms. The van der Waals surface area contributed by atoms with Gasteiger partial charge in [0.25, 0.3) is 0 Å². The number of para-hydroxylation sites is 1. The minimum Gasteiger partial charge on any atom is -0.507 e. The Hall–Kier alpha value is -1.97. The van der Waals surface area contributed by atoms with Crippen LogP contribution in [0.3, 0.4) is 0 Å². The largest absolute Gasteiger partial charge is 0.507 e. The van der Waals surface area contributed by atoms with Gasteiger partial charge in [-0.25, -0.2) is 14.4 Å². The van der Waals surface area contributed by atoms with Gasteiger partial charge in [0, 0.05) is 0 Å². The summed E-state index contributed by atoms with van der Waals surface area (Å²) in [7, 11) is 0. The normalized spacial score (nSPS) is 10.3. The number of aryl methyl sites for hydroxylation is 1. The molecule has 0 atom stereocenters. The lowest BCUT2D eigenvalue weighted by molar-refractivity contribution is 0.472. The molecule has 0 aliphatic carbocycles. The van der Waals surface area contributed by atoms with Crippen molar-refractivity contribution in [3.05, 3.63) is 42.0 Å². The Labute approximate surface area is 86.3 Å². The van der Waals surface area contributed by atoms with Gasteiger partial charge in [-0.2, -0.15) is 0 Å². The Balaban J connectivity index is 2.54. The molecule has 1 N–H and O–H groups in total. The van der Waals surface area contributed by atoms with Crippen LogP contribution in [0, 0.1) is 12.7 Å². The van der Waals surface area contributed by atoms with Crippen molar-refractivity contribution in [2.45, 2.75) is 6.92 Å². The molecule has 0 spiro atoms. The smallest absolute Gasteiger partial charge is 0.163 e. The fourth-order valence-electron chi connectivity index (χ4n) is 1.29. The molecule has 0 bridgehead atoms. The molecule has 0 saturated heterocycles. The number of halogens is 1. The van der Waals surface area contributed by atoms with E-state index in [1.807, 2.05) is 0 Å². The summed E-state index contributed by atoms with van der Waals surface area (Å²) in [6.45, 7) is 1.78. The molecular weight excluding hydrogens is 195 g/mol. The minimum absolute atomic E-state index is 0.129. The second kappa shape index (κ2) is 3.65. The van der Waals surface area contributed by atoms with E-state index in [2.05, 4.69) is 9.97 Å². The first kappa shape index (κ1) is 9.58. The molecule has 0 fully saturated rings. The van der Waals surface area contributed by atoms with E-state index in [-0.39, 0.29) is 5.75 Å². The van der Waals surface area contributed by atoms with Crippen LogP contribution in [0.1, 0.15) is 5.56 Å². The first-order valence-corrected chi connectivity index (χ1v) is 4.45. The average Bonchev–Trinajstić information content (AvgIpc) is 2.24. The number of aromatic nitrogens is 2. The lowest BCUT2D eigenvalue weighted by atomic mass is 10.1. The third kappa shape index (κ3) is 1.79. The Kier molecular flexibility index (Phi) is 2.33. The van der Waals surface area contributed by atoms with E-state index in [4.69, 9.17) is 0 Å². The Morgan fingerprint density at radius 3 is 2.53 bits per heavy atom. The van der Waals surface area contributed by atoms with Gasteiger partial charge in [0.15, 0.2) is 11.6 Å². The van der Waals surface area contributed by atoms with Gasteiger partial charge in [-0.05, 0) is 18.6 Å². The van der Waals surface area contributed by atoms with Crippen LogP contribution >= 0.6 is 0 Å². The zero-order valence-corrected chi connectivity index (χ0v) is 8.11. The van der Waals surface area contributed by atoms with Crippen molar-refractivity contribution in [2.75, 3.05) is 0 Å². The number of nitrogens with zero attached hydrogens (tertiary/aromatic N) is 2. The summed E-state index contributed by atoms with van der Waals surface area (Å²) in [5.74, 6) is -0.0485. The molecule has 2 rings (SSSR count). The monoisotopic (exact) mass is 204 g/mol. The van der Waals surface area contributed by atoms with Crippen molar-refractivity contribution in [1.29, 1.82) is 0 Å². The van der Waals surface area contributed by atoms with Crippen molar-refractivity contribution >= 4 is 0 Å². The first-order valence-electron chi connectivity index (χ1n) is 4.45. The van der Waals surface area contributed by atoms with Gasteiger partial charge in [-0.1, -0.05) is 12.1 Å². The van der Waals surface area contributed by atoms with E-state index in [0.717, 1.165) is 18.0 Å². The van der Waals surface area contributed by atoms with E-state index in [1.165, 1.54) is 0 Å². The number of phenols is 1.